The molecular weight excluding hydrogens is 336 g/mol. The maximum atomic E-state index is 12.4. The summed E-state index contributed by atoms with van der Waals surface area (Å²) in [5.74, 6) is 0.933. The lowest BCUT2D eigenvalue weighted by Gasteiger charge is -2.14. The number of anilines is 1. The largest absolute Gasteiger partial charge is 0.360 e. The van der Waals surface area contributed by atoms with Crippen molar-refractivity contribution in [3.63, 3.8) is 0 Å². The molecule has 0 radical (unpaired) electrons. The Morgan fingerprint density at radius 1 is 1.32 bits per heavy atom. The summed E-state index contributed by atoms with van der Waals surface area (Å²) in [4.78, 5) is 16.8. The van der Waals surface area contributed by atoms with Gasteiger partial charge >= 0.3 is 0 Å². The van der Waals surface area contributed by atoms with Gasteiger partial charge in [0.05, 0.1) is 10.9 Å². The van der Waals surface area contributed by atoms with Crippen LogP contribution in [-0.2, 0) is 4.79 Å². The topological polar surface area (TPSA) is 73.0 Å². The highest BCUT2D eigenvalue weighted by molar-refractivity contribution is 8.00. The SMILES string of the molecule is Cc1cc(NC(=O)C(C)Sc2nccn2-c2cccc(C)c2C)no1. The molecule has 1 amide bonds. The molecule has 3 aromatic rings. The minimum atomic E-state index is -0.330. The minimum absolute atomic E-state index is 0.145. The number of rotatable bonds is 5. The van der Waals surface area contributed by atoms with E-state index in [4.69, 9.17) is 4.52 Å². The van der Waals surface area contributed by atoms with Crippen LogP contribution in [0.15, 0.2) is 46.3 Å². The van der Waals surface area contributed by atoms with Gasteiger partial charge < -0.3 is 9.84 Å². The van der Waals surface area contributed by atoms with Crippen LogP contribution in [0.1, 0.15) is 23.8 Å². The smallest absolute Gasteiger partial charge is 0.238 e. The van der Waals surface area contributed by atoms with Crippen LogP contribution in [-0.4, -0.2) is 25.9 Å². The van der Waals surface area contributed by atoms with E-state index in [-0.39, 0.29) is 11.2 Å². The number of aromatic nitrogens is 3. The van der Waals surface area contributed by atoms with Crippen molar-refractivity contribution in [1.29, 1.82) is 0 Å². The zero-order valence-corrected chi connectivity index (χ0v) is 15.4. The van der Waals surface area contributed by atoms with Crippen LogP contribution < -0.4 is 5.32 Å². The number of carbonyl (C=O) groups excluding carboxylic acids is 1. The van der Waals surface area contributed by atoms with Crippen LogP contribution in [0.3, 0.4) is 0 Å². The monoisotopic (exact) mass is 356 g/mol. The Morgan fingerprint density at radius 3 is 2.84 bits per heavy atom. The molecule has 2 aromatic heterocycles. The molecule has 1 aromatic carbocycles. The quantitative estimate of drug-likeness (QED) is 0.702. The van der Waals surface area contributed by atoms with Crippen molar-refractivity contribution in [3.05, 3.63) is 53.5 Å². The number of imidazole rings is 1. The molecule has 130 valence electrons. The summed E-state index contributed by atoms with van der Waals surface area (Å²) >= 11 is 1.40. The molecule has 3 rings (SSSR count). The first-order valence-electron chi connectivity index (χ1n) is 7.96. The number of nitrogens with zero attached hydrogens (tertiary/aromatic N) is 3. The van der Waals surface area contributed by atoms with Crippen molar-refractivity contribution in [3.8, 4) is 5.69 Å². The van der Waals surface area contributed by atoms with Gasteiger partial charge in [0.1, 0.15) is 5.76 Å². The van der Waals surface area contributed by atoms with Gasteiger partial charge in [0, 0.05) is 18.5 Å². The lowest BCUT2D eigenvalue weighted by molar-refractivity contribution is -0.115. The second kappa shape index (κ2) is 7.14. The summed E-state index contributed by atoms with van der Waals surface area (Å²) in [5.41, 5.74) is 3.48. The van der Waals surface area contributed by atoms with Crippen LogP contribution in [0.25, 0.3) is 5.69 Å². The molecule has 0 saturated heterocycles. The minimum Gasteiger partial charge on any atom is -0.360 e. The summed E-state index contributed by atoms with van der Waals surface area (Å²) in [7, 11) is 0. The third kappa shape index (κ3) is 3.76. The van der Waals surface area contributed by atoms with E-state index >= 15 is 0 Å². The summed E-state index contributed by atoms with van der Waals surface area (Å²) < 4.78 is 6.98. The fraction of sp³-hybridized carbons (Fsp3) is 0.278. The Bertz CT molecular complexity index is 900. The van der Waals surface area contributed by atoms with Crippen LogP contribution in [0.2, 0.25) is 0 Å². The van der Waals surface area contributed by atoms with Crippen molar-refractivity contribution in [1.82, 2.24) is 14.7 Å². The van der Waals surface area contributed by atoms with Gasteiger partial charge in [-0.05, 0) is 44.9 Å². The van der Waals surface area contributed by atoms with Crippen molar-refractivity contribution < 1.29 is 9.32 Å². The first-order valence-corrected chi connectivity index (χ1v) is 8.84. The van der Waals surface area contributed by atoms with Crippen molar-refractivity contribution in [2.24, 2.45) is 0 Å². The maximum Gasteiger partial charge on any atom is 0.238 e. The maximum absolute atomic E-state index is 12.4. The Balaban J connectivity index is 1.76. The van der Waals surface area contributed by atoms with E-state index < -0.39 is 0 Å². The van der Waals surface area contributed by atoms with Crippen LogP contribution in [0.4, 0.5) is 5.82 Å². The highest BCUT2D eigenvalue weighted by Gasteiger charge is 2.19. The predicted octanol–water partition coefficient (Wildman–Crippen LogP) is 3.90. The van der Waals surface area contributed by atoms with Crippen LogP contribution in [0.5, 0.6) is 0 Å². The number of aryl methyl sites for hydroxylation is 2. The normalized spacial score (nSPS) is 12.2. The summed E-state index contributed by atoms with van der Waals surface area (Å²) in [6.07, 6.45) is 3.66. The van der Waals surface area contributed by atoms with Gasteiger partial charge in [-0.3, -0.25) is 9.36 Å². The summed E-state index contributed by atoms with van der Waals surface area (Å²) in [6.45, 7) is 7.79. The third-order valence-electron chi connectivity index (χ3n) is 3.97. The average Bonchev–Trinajstić information content (AvgIpc) is 3.19. The molecule has 2 heterocycles. The Morgan fingerprint density at radius 2 is 2.12 bits per heavy atom. The Kier molecular flexibility index (Phi) is 4.94. The number of benzene rings is 1. The number of amides is 1. The van der Waals surface area contributed by atoms with Crippen molar-refractivity contribution in [2.45, 2.75) is 38.1 Å². The van der Waals surface area contributed by atoms with E-state index in [1.54, 1.807) is 19.2 Å². The first-order chi connectivity index (χ1) is 12.0. The molecule has 0 bridgehead atoms. The molecule has 0 aliphatic heterocycles. The Hall–Kier alpha value is -2.54. The summed E-state index contributed by atoms with van der Waals surface area (Å²) in [6, 6.07) is 7.84. The molecule has 1 unspecified atom stereocenters. The van der Waals surface area contributed by atoms with Gasteiger partial charge in [0.25, 0.3) is 0 Å². The van der Waals surface area contributed by atoms with E-state index in [9.17, 15) is 4.79 Å². The van der Waals surface area contributed by atoms with Crippen molar-refractivity contribution in [2.75, 3.05) is 5.32 Å². The van der Waals surface area contributed by atoms with Gasteiger partial charge in [-0.1, -0.05) is 29.1 Å². The van der Waals surface area contributed by atoms with Crippen molar-refractivity contribution >= 4 is 23.5 Å². The molecule has 6 nitrogen and oxygen atoms in total. The molecule has 0 saturated carbocycles. The molecule has 0 spiro atoms. The number of carbonyl (C=O) groups is 1. The van der Waals surface area contributed by atoms with Gasteiger partial charge in [-0.2, -0.15) is 0 Å². The highest BCUT2D eigenvalue weighted by Crippen LogP contribution is 2.27. The van der Waals surface area contributed by atoms with E-state index in [0.29, 0.717) is 11.6 Å². The average molecular weight is 356 g/mol. The standard InChI is InChI=1S/C18H20N4O2S/c1-11-6-5-7-15(13(11)3)22-9-8-19-18(22)25-14(4)17(23)20-16-10-12(2)24-21-16/h5-10,14H,1-4H3,(H,20,21,23). The molecule has 1 atom stereocenters. The zero-order chi connectivity index (χ0) is 18.0. The van der Waals surface area contributed by atoms with Gasteiger partial charge in [0.15, 0.2) is 11.0 Å². The number of hydrogen-bond donors (Lipinski definition) is 1. The number of nitrogens with one attached hydrogen (secondary N) is 1. The van der Waals surface area contributed by atoms with Gasteiger partial charge in [-0.15, -0.1) is 0 Å². The van der Waals surface area contributed by atoms with Crippen LogP contribution in [0, 0.1) is 20.8 Å². The molecule has 7 heteroatoms. The third-order valence-corrected chi connectivity index (χ3v) is 5.05. The predicted molar refractivity (Wildman–Crippen MR) is 98.2 cm³/mol. The lowest BCUT2D eigenvalue weighted by atomic mass is 10.1. The first kappa shape index (κ1) is 17.3. The van der Waals surface area contributed by atoms with Gasteiger partial charge in [-0.25, -0.2) is 4.98 Å². The van der Waals surface area contributed by atoms with Crippen LogP contribution >= 0.6 is 11.8 Å². The molecule has 0 fully saturated rings. The number of hydrogen-bond acceptors (Lipinski definition) is 5. The lowest BCUT2D eigenvalue weighted by Crippen LogP contribution is -2.23. The molecule has 1 N–H and O–H groups in total. The van der Waals surface area contributed by atoms with Gasteiger partial charge in [0.2, 0.25) is 5.91 Å². The highest BCUT2D eigenvalue weighted by atomic mass is 32.2. The second-order valence-electron chi connectivity index (χ2n) is 5.87. The second-order valence-corrected chi connectivity index (χ2v) is 7.18. The van der Waals surface area contributed by atoms with E-state index in [1.165, 1.54) is 22.9 Å². The molecule has 0 aliphatic carbocycles. The molecular formula is C18H20N4O2S. The van der Waals surface area contributed by atoms with E-state index in [2.05, 4.69) is 41.4 Å². The zero-order valence-electron chi connectivity index (χ0n) is 14.6. The fourth-order valence-corrected chi connectivity index (χ4v) is 3.30. The fourth-order valence-electron chi connectivity index (χ4n) is 2.42. The van der Waals surface area contributed by atoms with E-state index in [0.717, 1.165) is 10.8 Å². The molecule has 25 heavy (non-hydrogen) atoms. The molecule has 0 aliphatic rings. The Labute approximate surface area is 150 Å². The number of thioether (sulfide) groups is 1. The summed E-state index contributed by atoms with van der Waals surface area (Å²) in [5, 5.41) is 6.98. The van der Waals surface area contributed by atoms with E-state index in [1.807, 2.05) is 23.8 Å².